The average molecular weight is 370 g/mol. The monoisotopic (exact) mass is 370 g/mol. The minimum Gasteiger partial charge on any atom is -0.496 e. The summed E-state index contributed by atoms with van der Waals surface area (Å²) < 4.78 is 9.94. The van der Waals surface area contributed by atoms with Gasteiger partial charge >= 0.3 is 6.09 Å². The second-order valence-electron chi connectivity index (χ2n) is 5.73. The van der Waals surface area contributed by atoms with Gasteiger partial charge in [0.25, 0.3) is 0 Å². The molecule has 0 saturated heterocycles. The number of anilines is 1. The van der Waals surface area contributed by atoms with Gasteiger partial charge in [-0.25, -0.2) is 4.79 Å². The summed E-state index contributed by atoms with van der Waals surface area (Å²) in [5.74, 6) is 1.62. The van der Waals surface area contributed by atoms with Gasteiger partial charge in [-0.3, -0.25) is 10.3 Å². The molecule has 0 radical (unpaired) electrons. The van der Waals surface area contributed by atoms with Gasteiger partial charge < -0.3 is 20.1 Å². The molecule has 7 nitrogen and oxygen atoms in total. The summed E-state index contributed by atoms with van der Waals surface area (Å²) in [5.41, 5.74) is 2.90. The topological polar surface area (TPSA) is 84.0 Å². The van der Waals surface area contributed by atoms with Gasteiger partial charge in [0.2, 0.25) is 0 Å². The standard InChI is InChI=1S/C20H26N4O3/c1-21-19(22-13-12-16-6-4-5-7-18(16)26-2)23-14-15-8-10-17(11-9-15)24-20(25)27-3/h4-11H,12-14H2,1-3H3,(H,24,25)(H2,21,22,23). The zero-order valence-corrected chi connectivity index (χ0v) is 15.9. The lowest BCUT2D eigenvalue weighted by Crippen LogP contribution is -2.37. The molecule has 0 aromatic heterocycles. The lowest BCUT2D eigenvalue weighted by atomic mass is 10.1. The smallest absolute Gasteiger partial charge is 0.411 e. The van der Waals surface area contributed by atoms with Crippen molar-refractivity contribution in [3.63, 3.8) is 0 Å². The predicted octanol–water partition coefficient (Wildman–Crippen LogP) is 2.78. The molecule has 0 saturated carbocycles. The SMILES string of the molecule is CN=C(NCCc1ccccc1OC)NCc1ccc(NC(=O)OC)cc1. The lowest BCUT2D eigenvalue weighted by Gasteiger charge is -2.13. The van der Waals surface area contributed by atoms with E-state index >= 15 is 0 Å². The Hall–Kier alpha value is -3.22. The molecule has 0 heterocycles. The van der Waals surface area contributed by atoms with E-state index in [2.05, 4.69) is 31.7 Å². The van der Waals surface area contributed by atoms with Crippen molar-refractivity contribution >= 4 is 17.7 Å². The van der Waals surface area contributed by atoms with Crippen LogP contribution in [0.2, 0.25) is 0 Å². The van der Waals surface area contributed by atoms with E-state index in [0.717, 1.165) is 35.8 Å². The number of aliphatic imine (C=N–C) groups is 1. The van der Waals surface area contributed by atoms with Gasteiger partial charge in [-0.1, -0.05) is 30.3 Å². The van der Waals surface area contributed by atoms with Crippen molar-refractivity contribution in [1.82, 2.24) is 10.6 Å². The summed E-state index contributed by atoms with van der Waals surface area (Å²) >= 11 is 0. The summed E-state index contributed by atoms with van der Waals surface area (Å²) in [6, 6.07) is 15.5. The number of guanidine groups is 1. The van der Waals surface area contributed by atoms with Gasteiger partial charge in [0.15, 0.2) is 5.96 Å². The molecule has 0 aliphatic rings. The van der Waals surface area contributed by atoms with E-state index in [4.69, 9.17) is 4.74 Å². The van der Waals surface area contributed by atoms with E-state index in [9.17, 15) is 4.79 Å². The van der Waals surface area contributed by atoms with Crippen LogP contribution in [0.5, 0.6) is 5.75 Å². The van der Waals surface area contributed by atoms with E-state index in [-0.39, 0.29) is 0 Å². The molecular formula is C20H26N4O3. The fraction of sp³-hybridized carbons (Fsp3) is 0.300. The number of nitrogens with one attached hydrogen (secondary N) is 3. The number of rotatable bonds is 7. The van der Waals surface area contributed by atoms with Crippen molar-refractivity contribution in [2.75, 3.05) is 33.1 Å². The normalized spacial score (nSPS) is 10.9. The van der Waals surface area contributed by atoms with Crippen molar-refractivity contribution in [3.05, 3.63) is 59.7 Å². The number of nitrogens with zero attached hydrogens (tertiary/aromatic N) is 1. The second kappa shape index (κ2) is 10.7. The zero-order valence-electron chi connectivity index (χ0n) is 15.9. The Labute approximate surface area is 159 Å². The van der Waals surface area contributed by atoms with Crippen LogP contribution in [-0.2, 0) is 17.7 Å². The number of carbonyl (C=O) groups excluding carboxylic acids is 1. The van der Waals surface area contributed by atoms with E-state index in [1.54, 1.807) is 14.2 Å². The third-order valence-corrected chi connectivity index (χ3v) is 3.95. The molecule has 0 unspecified atom stereocenters. The molecule has 2 aromatic rings. The molecular weight excluding hydrogens is 344 g/mol. The zero-order chi connectivity index (χ0) is 19.5. The number of benzene rings is 2. The molecule has 0 bridgehead atoms. The number of ether oxygens (including phenoxy) is 2. The maximum Gasteiger partial charge on any atom is 0.411 e. The quantitative estimate of drug-likeness (QED) is 0.516. The molecule has 0 spiro atoms. The Morgan fingerprint density at radius 3 is 2.44 bits per heavy atom. The number of hydrogen-bond donors (Lipinski definition) is 3. The second-order valence-corrected chi connectivity index (χ2v) is 5.73. The van der Waals surface area contributed by atoms with Gasteiger partial charge in [-0.15, -0.1) is 0 Å². The summed E-state index contributed by atoms with van der Waals surface area (Å²) in [6.07, 6.45) is 0.346. The first-order valence-electron chi connectivity index (χ1n) is 8.66. The summed E-state index contributed by atoms with van der Waals surface area (Å²) in [6.45, 7) is 1.36. The van der Waals surface area contributed by atoms with E-state index in [0.29, 0.717) is 12.2 Å². The first kappa shape index (κ1) is 20.1. The first-order chi connectivity index (χ1) is 13.2. The molecule has 2 aromatic carbocycles. The maximum atomic E-state index is 11.2. The van der Waals surface area contributed by atoms with Crippen molar-refractivity contribution < 1.29 is 14.3 Å². The average Bonchev–Trinajstić information content (AvgIpc) is 2.71. The van der Waals surface area contributed by atoms with Crippen molar-refractivity contribution in [3.8, 4) is 5.75 Å². The van der Waals surface area contributed by atoms with Crippen LogP contribution in [-0.4, -0.2) is 39.9 Å². The van der Waals surface area contributed by atoms with Crippen molar-refractivity contribution in [2.24, 2.45) is 4.99 Å². The Morgan fingerprint density at radius 2 is 1.78 bits per heavy atom. The molecule has 144 valence electrons. The minimum atomic E-state index is -0.486. The molecule has 0 aliphatic carbocycles. The molecule has 0 fully saturated rings. The lowest BCUT2D eigenvalue weighted by molar-refractivity contribution is 0.187. The molecule has 1 amide bonds. The summed E-state index contributed by atoms with van der Waals surface area (Å²) in [5, 5.41) is 9.18. The fourth-order valence-corrected chi connectivity index (χ4v) is 2.51. The summed E-state index contributed by atoms with van der Waals surface area (Å²) in [4.78, 5) is 15.4. The van der Waals surface area contributed by atoms with Crippen LogP contribution in [0.3, 0.4) is 0 Å². The third-order valence-electron chi connectivity index (χ3n) is 3.95. The van der Waals surface area contributed by atoms with Gasteiger partial charge in [0, 0.05) is 25.8 Å². The van der Waals surface area contributed by atoms with E-state index in [1.807, 2.05) is 42.5 Å². The van der Waals surface area contributed by atoms with Crippen molar-refractivity contribution in [1.29, 1.82) is 0 Å². The highest BCUT2D eigenvalue weighted by molar-refractivity contribution is 5.84. The number of carbonyl (C=O) groups is 1. The Balaban J connectivity index is 1.79. The third kappa shape index (κ3) is 6.54. The fourth-order valence-electron chi connectivity index (χ4n) is 2.51. The largest absolute Gasteiger partial charge is 0.496 e. The molecule has 3 N–H and O–H groups in total. The Bertz CT molecular complexity index is 760. The van der Waals surface area contributed by atoms with Crippen LogP contribution in [0.4, 0.5) is 10.5 Å². The minimum absolute atomic E-state index is 0.486. The highest BCUT2D eigenvalue weighted by atomic mass is 16.5. The number of methoxy groups -OCH3 is 2. The number of hydrogen-bond acceptors (Lipinski definition) is 4. The van der Waals surface area contributed by atoms with Gasteiger partial charge in [0.05, 0.1) is 14.2 Å². The van der Waals surface area contributed by atoms with Crippen LogP contribution in [0.25, 0.3) is 0 Å². The predicted molar refractivity (Wildman–Crippen MR) is 107 cm³/mol. The van der Waals surface area contributed by atoms with Crippen LogP contribution in [0.15, 0.2) is 53.5 Å². The highest BCUT2D eigenvalue weighted by Gasteiger charge is 2.04. The van der Waals surface area contributed by atoms with Crippen molar-refractivity contribution in [2.45, 2.75) is 13.0 Å². The Kier molecular flexibility index (Phi) is 7.96. The number of para-hydroxylation sites is 1. The summed E-state index contributed by atoms with van der Waals surface area (Å²) in [7, 11) is 4.75. The molecule has 27 heavy (non-hydrogen) atoms. The highest BCUT2D eigenvalue weighted by Crippen LogP contribution is 2.17. The molecule has 2 rings (SSSR count). The number of amides is 1. The molecule has 0 atom stereocenters. The van der Waals surface area contributed by atoms with Crippen LogP contribution in [0, 0.1) is 0 Å². The van der Waals surface area contributed by atoms with E-state index in [1.165, 1.54) is 7.11 Å². The van der Waals surface area contributed by atoms with Gasteiger partial charge in [-0.05, 0) is 35.7 Å². The first-order valence-corrected chi connectivity index (χ1v) is 8.66. The maximum absolute atomic E-state index is 11.2. The van der Waals surface area contributed by atoms with E-state index < -0.39 is 6.09 Å². The van der Waals surface area contributed by atoms with Crippen LogP contribution in [0.1, 0.15) is 11.1 Å². The van der Waals surface area contributed by atoms with Crippen LogP contribution < -0.4 is 20.7 Å². The Morgan fingerprint density at radius 1 is 1.04 bits per heavy atom. The van der Waals surface area contributed by atoms with Crippen LogP contribution >= 0.6 is 0 Å². The molecule has 7 heteroatoms. The molecule has 0 aliphatic heterocycles. The van der Waals surface area contributed by atoms with Gasteiger partial charge in [-0.2, -0.15) is 0 Å². The van der Waals surface area contributed by atoms with Gasteiger partial charge in [0.1, 0.15) is 5.75 Å².